The number of rotatable bonds is 0. The van der Waals surface area contributed by atoms with E-state index < -0.39 is 19.1 Å². The molecule has 5 heteroatoms. The van der Waals surface area contributed by atoms with Gasteiger partial charge in [-0.1, -0.05) is 0 Å². The van der Waals surface area contributed by atoms with E-state index in [0.29, 0.717) is 0 Å². The van der Waals surface area contributed by atoms with Crippen LogP contribution in [0.1, 0.15) is 0 Å². The van der Waals surface area contributed by atoms with Crippen LogP contribution in [0.4, 0.5) is 0 Å². The topological polar surface area (TPSA) is 34.1 Å². The van der Waals surface area contributed by atoms with Crippen molar-refractivity contribution >= 4 is 18.9 Å². The fourth-order valence-electron chi connectivity index (χ4n) is 0. The van der Waals surface area contributed by atoms with Gasteiger partial charge in [-0.25, -0.2) is 0 Å². The van der Waals surface area contributed by atoms with Gasteiger partial charge in [0.15, 0.2) is 0 Å². The molecule has 5 heavy (non-hydrogen) atoms. The fraction of sp³-hybridized carbons (Fsp3) is 0. The van der Waals surface area contributed by atoms with Crippen molar-refractivity contribution in [2.45, 2.75) is 0 Å². The third-order valence-electron chi connectivity index (χ3n) is 0. The van der Waals surface area contributed by atoms with Gasteiger partial charge < -0.3 is 0 Å². The Balaban J connectivity index is -0.0000000200. The summed E-state index contributed by atoms with van der Waals surface area (Å²) in [6.45, 7) is 0. The van der Waals surface area contributed by atoms with Gasteiger partial charge in [0.1, 0.15) is 0 Å². The van der Waals surface area contributed by atoms with Gasteiger partial charge in [0.05, 0.1) is 0 Å². The molecule has 0 aliphatic carbocycles. The molecular formula is HLiMnO2Ti. The van der Waals surface area contributed by atoms with Crippen molar-refractivity contribution in [2.75, 3.05) is 0 Å². The Kier molecular flexibility index (Phi) is 58.1. The molecular weight excluding hydrogens is 142 g/mol. The summed E-state index contributed by atoms with van der Waals surface area (Å²) >= 11 is -2.00. The summed E-state index contributed by atoms with van der Waals surface area (Å²) in [5, 5.41) is 0. The second kappa shape index (κ2) is 18.0. The number of hydrogen-bond acceptors (Lipinski definition) is 2. The fourth-order valence-corrected chi connectivity index (χ4v) is 0. The van der Waals surface area contributed by atoms with Crippen molar-refractivity contribution < 1.29 is 42.8 Å². The van der Waals surface area contributed by atoms with Gasteiger partial charge in [-0.3, -0.25) is 0 Å². The molecule has 25 valence electrons. The van der Waals surface area contributed by atoms with Crippen LogP contribution < -0.4 is 0 Å². The standard InChI is InChI=1S/Li.Mn.2O.Ti.H. The van der Waals surface area contributed by atoms with Gasteiger partial charge in [0.2, 0.25) is 0 Å². The molecule has 0 aromatic heterocycles. The molecule has 0 fully saturated rings. The summed E-state index contributed by atoms with van der Waals surface area (Å²) in [6, 6.07) is 0. The molecule has 0 aliphatic rings. The van der Waals surface area contributed by atoms with E-state index in [9.17, 15) is 0 Å². The predicted molar refractivity (Wildman–Crippen MR) is 8.52 cm³/mol. The first-order valence-electron chi connectivity index (χ1n) is 0.408. The van der Waals surface area contributed by atoms with Crippen LogP contribution in [0.3, 0.4) is 0 Å². The van der Waals surface area contributed by atoms with E-state index in [0.717, 1.165) is 0 Å². The van der Waals surface area contributed by atoms with Crippen LogP contribution in [0.2, 0.25) is 0 Å². The van der Waals surface area contributed by atoms with Crippen molar-refractivity contribution in [1.29, 1.82) is 0 Å². The summed E-state index contributed by atoms with van der Waals surface area (Å²) in [5.74, 6) is 0. The van der Waals surface area contributed by atoms with Gasteiger partial charge >= 0.3 is 44.6 Å². The molecule has 0 aromatic carbocycles. The molecule has 0 saturated heterocycles. The van der Waals surface area contributed by atoms with Crippen LogP contribution in [0.25, 0.3) is 0 Å². The third-order valence-corrected chi connectivity index (χ3v) is 0. The van der Waals surface area contributed by atoms with Crippen LogP contribution in [0, 0.1) is 0 Å². The van der Waals surface area contributed by atoms with E-state index >= 15 is 0 Å². The van der Waals surface area contributed by atoms with Crippen molar-refractivity contribution in [1.82, 2.24) is 0 Å². The van der Waals surface area contributed by atoms with Crippen molar-refractivity contribution in [3.63, 3.8) is 0 Å². The van der Waals surface area contributed by atoms with E-state index in [2.05, 4.69) is 0 Å². The molecule has 1 radical (unpaired) electrons. The molecule has 0 bridgehead atoms. The molecule has 0 rings (SSSR count). The summed E-state index contributed by atoms with van der Waals surface area (Å²) in [7, 11) is 0. The molecule has 0 spiro atoms. The molecule has 0 aliphatic heterocycles. The van der Waals surface area contributed by atoms with Gasteiger partial charge in [0.25, 0.3) is 0 Å². The first-order chi connectivity index (χ1) is 1.41. The molecule has 0 heterocycles. The summed E-state index contributed by atoms with van der Waals surface area (Å²) in [5.41, 5.74) is 0. The van der Waals surface area contributed by atoms with Crippen LogP contribution in [-0.4, -0.2) is 18.9 Å². The first kappa shape index (κ1) is 16.1. The van der Waals surface area contributed by atoms with Crippen molar-refractivity contribution in [3.8, 4) is 0 Å². The van der Waals surface area contributed by atoms with E-state index in [4.69, 9.17) is 6.65 Å². The van der Waals surface area contributed by atoms with E-state index in [1.807, 2.05) is 0 Å². The normalized spacial score (nSPS) is 1.60. The quantitative estimate of drug-likeness (QED) is 0.412. The average molecular weight is 143 g/mol. The van der Waals surface area contributed by atoms with Gasteiger partial charge in [-0.2, -0.15) is 0 Å². The molecule has 2 nitrogen and oxygen atoms in total. The van der Waals surface area contributed by atoms with Crippen LogP contribution in [0.5, 0.6) is 0 Å². The molecule has 0 amide bonds. The van der Waals surface area contributed by atoms with Crippen LogP contribution in [0.15, 0.2) is 0 Å². The molecule has 0 saturated carbocycles. The Morgan fingerprint density at radius 3 is 1.20 bits per heavy atom. The molecule has 0 atom stereocenters. The van der Waals surface area contributed by atoms with Gasteiger partial charge in [-0.05, 0) is 0 Å². The SMILES string of the molecule is [LiH].[Mn].[O]=[Ti]=[O]. The average Bonchev–Trinajstić information content (AvgIpc) is 0.918. The Labute approximate surface area is 61.3 Å². The van der Waals surface area contributed by atoms with Crippen molar-refractivity contribution in [3.05, 3.63) is 0 Å². The Hall–Kier alpha value is 1.43. The Bertz CT molecular complexity index is 30.6. The zero-order valence-electron chi connectivity index (χ0n) is 1.69. The first-order valence-corrected chi connectivity index (χ1v) is 1.68. The molecule has 0 aromatic rings. The maximum absolute atomic E-state index is 8.50. The van der Waals surface area contributed by atoms with Crippen molar-refractivity contribution in [2.24, 2.45) is 0 Å². The van der Waals surface area contributed by atoms with Crippen LogP contribution >= 0.6 is 0 Å². The zero-order valence-corrected chi connectivity index (χ0v) is 4.44. The van der Waals surface area contributed by atoms with Gasteiger partial charge in [0, 0.05) is 17.1 Å². The third kappa shape index (κ3) is 31.2. The summed E-state index contributed by atoms with van der Waals surface area (Å²) in [6.07, 6.45) is 0. The summed E-state index contributed by atoms with van der Waals surface area (Å²) in [4.78, 5) is 0. The van der Waals surface area contributed by atoms with E-state index in [-0.39, 0.29) is 35.9 Å². The monoisotopic (exact) mass is 143 g/mol. The predicted octanol–water partition coefficient (Wildman–Crippen LogP) is -0.891. The Morgan fingerprint density at radius 2 is 1.20 bits per heavy atom. The Morgan fingerprint density at radius 1 is 1.20 bits per heavy atom. The van der Waals surface area contributed by atoms with E-state index in [1.165, 1.54) is 0 Å². The second-order valence-electron chi connectivity index (χ2n) is 0.0833. The molecule has 0 unspecified atom stereocenters. The van der Waals surface area contributed by atoms with E-state index in [1.54, 1.807) is 0 Å². The minimum absolute atomic E-state index is 0. The maximum atomic E-state index is 8.50. The number of hydrogen-bond donors (Lipinski definition) is 0. The second-order valence-corrected chi connectivity index (χ2v) is 0.344. The zero-order chi connectivity index (χ0) is 2.71. The van der Waals surface area contributed by atoms with Crippen LogP contribution in [-0.2, 0) is 42.8 Å². The summed E-state index contributed by atoms with van der Waals surface area (Å²) < 4.78 is 17.0. The van der Waals surface area contributed by atoms with Gasteiger partial charge in [-0.15, -0.1) is 0 Å². The molecule has 0 N–H and O–H groups in total. The minimum atomic E-state index is -2.00.